The zero-order valence-corrected chi connectivity index (χ0v) is 7.03. The van der Waals surface area contributed by atoms with Crippen molar-refractivity contribution in [1.29, 1.82) is 0 Å². The van der Waals surface area contributed by atoms with Gasteiger partial charge in [-0.15, -0.1) is 0 Å². The van der Waals surface area contributed by atoms with Crippen molar-refractivity contribution in [3.05, 3.63) is 0 Å². The molecule has 0 saturated heterocycles. The zero-order chi connectivity index (χ0) is 4.28. The summed E-state index contributed by atoms with van der Waals surface area (Å²) in [5.41, 5.74) is 0. The summed E-state index contributed by atoms with van der Waals surface area (Å²) in [4.78, 5) is 2.18. The van der Waals surface area contributed by atoms with Gasteiger partial charge in [0.05, 0.1) is 0 Å². The summed E-state index contributed by atoms with van der Waals surface area (Å²) in [6, 6.07) is 0. The summed E-state index contributed by atoms with van der Waals surface area (Å²) in [5.74, 6) is 0. The quantitative estimate of drug-likeness (QED) is 0.484. The summed E-state index contributed by atoms with van der Waals surface area (Å²) in [5, 5.41) is 0. The van der Waals surface area contributed by atoms with Crippen LogP contribution in [0, 0.1) is 0 Å². The molecular formula is C3H9NSn. The van der Waals surface area contributed by atoms with Gasteiger partial charge in [0, 0.05) is 0 Å². The second-order valence-corrected chi connectivity index (χ2v) is 2.30. The molecule has 0 saturated carbocycles. The molecule has 0 spiro atoms. The Morgan fingerprint density at radius 3 is 1.80 bits per heavy atom. The van der Waals surface area contributed by atoms with Gasteiger partial charge in [0.2, 0.25) is 0 Å². The van der Waals surface area contributed by atoms with E-state index in [0.717, 1.165) is 0 Å². The molecule has 2 radical (unpaired) electrons. The Kier molecular flexibility index (Phi) is 3.42. The first-order chi connectivity index (χ1) is 2.27. The molecule has 0 unspecified atom stereocenters. The third-order valence-electron chi connectivity index (χ3n) is 0.365. The van der Waals surface area contributed by atoms with Crippen LogP contribution < -0.4 is 0 Å². The summed E-state index contributed by atoms with van der Waals surface area (Å²) in [6.45, 7) is 0. The van der Waals surface area contributed by atoms with E-state index in [0.29, 0.717) is 0 Å². The van der Waals surface area contributed by atoms with Gasteiger partial charge in [-0.25, -0.2) is 0 Å². The summed E-state index contributed by atoms with van der Waals surface area (Å²) in [6.07, 6.45) is 0. The van der Waals surface area contributed by atoms with Gasteiger partial charge >= 0.3 is 46.1 Å². The molecule has 0 aliphatic rings. The van der Waals surface area contributed by atoms with Crippen LogP contribution >= 0.6 is 0 Å². The number of nitrogens with zero attached hydrogens (tertiary/aromatic N) is 1. The van der Waals surface area contributed by atoms with Crippen LogP contribution in [-0.4, -0.2) is 46.1 Å². The Morgan fingerprint density at radius 1 is 1.60 bits per heavy atom. The van der Waals surface area contributed by atoms with E-state index >= 15 is 0 Å². The molecule has 0 aliphatic heterocycles. The second kappa shape index (κ2) is 2.97. The SMILES string of the molecule is CN(C)[CH2][SnH]. The molecule has 30 valence electrons. The van der Waals surface area contributed by atoms with Crippen molar-refractivity contribution >= 4 is 22.5 Å². The van der Waals surface area contributed by atoms with Crippen LogP contribution in [0.4, 0.5) is 0 Å². The number of hydrogen-bond acceptors (Lipinski definition) is 1. The topological polar surface area (TPSA) is 3.24 Å². The fraction of sp³-hybridized carbons (Fsp3) is 1.00. The fourth-order valence-corrected chi connectivity index (χ4v) is 0. The molecule has 0 fully saturated rings. The molecule has 0 aromatic carbocycles. The van der Waals surface area contributed by atoms with Crippen LogP contribution in [0.2, 0.25) is 0 Å². The Labute approximate surface area is 46.4 Å². The van der Waals surface area contributed by atoms with Gasteiger partial charge in [0.25, 0.3) is 0 Å². The predicted molar refractivity (Wildman–Crippen MR) is 25.7 cm³/mol. The van der Waals surface area contributed by atoms with Crippen LogP contribution in [0.25, 0.3) is 0 Å². The minimum absolute atomic E-state index is 1.27. The van der Waals surface area contributed by atoms with Crippen molar-refractivity contribution in [2.45, 2.75) is 0 Å². The Balaban J connectivity index is 2.54. The molecule has 0 amide bonds. The minimum atomic E-state index is 1.27. The first-order valence-electron chi connectivity index (χ1n) is 1.62. The maximum absolute atomic E-state index is 2.18. The van der Waals surface area contributed by atoms with Gasteiger partial charge in [-0.1, -0.05) is 0 Å². The van der Waals surface area contributed by atoms with E-state index < -0.39 is 0 Å². The monoisotopic (exact) mass is 179 g/mol. The van der Waals surface area contributed by atoms with E-state index in [1.807, 2.05) is 0 Å². The molecule has 5 heavy (non-hydrogen) atoms. The van der Waals surface area contributed by atoms with Crippen molar-refractivity contribution in [1.82, 2.24) is 4.90 Å². The average Bonchev–Trinajstić information content (AvgIpc) is 1.38. The third kappa shape index (κ3) is 4.76. The first-order valence-corrected chi connectivity index (χ1v) is 3.95. The van der Waals surface area contributed by atoms with E-state index in [2.05, 4.69) is 19.0 Å². The van der Waals surface area contributed by atoms with E-state index in [4.69, 9.17) is 0 Å². The van der Waals surface area contributed by atoms with Crippen molar-refractivity contribution in [2.24, 2.45) is 0 Å². The number of rotatable bonds is 1. The van der Waals surface area contributed by atoms with Crippen molar-refractivity contribution in [2.75, 3.05) is 18.7 Å². The van der Waals surface area contributed by atoms with Crippen LogP contribution in [-0.2, 0) is 0 Å². The van der Waals surface area contributed by atoms with Crippen molar-refractivity contribution in [3.63, 3.8) is 0 Å². The second-order valence-electron chi connectivity index (χ2n) is 1.26. The molecular weight excluding hydrogens is 169 g/mol. The number of hydrogen-bond donors (Lipinski definition) is 0. The van der Waals surface area contributed by atoms with Gasteiger partial charge in [-0.3, -0.25) is 0 Å². The molecule has 0 heterocycles. The van der Waals surface area contributed by atoms with Gasteiger partial charge in [0.15, 0.2) is 0 Å². The molecule has 1 nitrogen and oxygen atoms in total. The standard InChI is InChI=1S/C3H8N.Sn.H/c1-4(2)3;;/h1H2,2-3H3;;. The molecule has 0 bridgehead atoms. The van der Waals surface area contributed by atoms with Crippen LogP contribution in [0.5, 0.6) is 0 Å². The van der Waals surface area contributed by atoms with Gasteiger partial charge in [0.1, 0.15) is 0 Å². The Hall–Kier alpha value is 0.759. The predicted octanol–water partition coefficient (Wildman–Crippen LogP) is -0.594. The maximum atomic E-state index is 2.18. The molecule has 0 rings (SSSR count). The van der Waals surface area contributed by atoms with Crippen LogP contribution in [0.3, 0.4) is 0 Å². The average molecular weight is 178 g/mol. The van der Waals surface area contributed by atoms with Crippen LogP contribution in [0.1, 0.15) is 0 Å². The van der Waals surface area contributed by atoms with E-state index in [-0.39, 0.29) is 0 Å². The van der Waals surface area contributed by atoms with Gasteiger partial charge in [-0.2, -0.15) is 0 Å². The van der Waals surface area contributed by atoms with Crippen molar-refractivity contribution in [3.8, 4) is 0 Å². The van der Waals surface area contributed by atoms with E-state index in [1.165, 1.54) is 27.1 Å². The molecule has 0 atom stereocenters. The molecule has 2 heteroatoms. The third-order valence-corrected chi connectivity index (χ3v) is 2.45. The van der Waals surface area contributed by atoms with E-state index in [9.17, 15) is 0 Å². The summed E-state index contributed by atoms with van der Waals surface area (Å²) < 4.78 is 1.27. The molecule has 0 aromatic rings. The normalized spacial score (nSPS) is 9.60. The van der Waals surface area contributed by atoms with E-state index in [1.54, 1.807) is 0 Å². The molecule has 0 aliphatic carbocycles. The van der Waals surface area contributed by atoms with Gasteiger partial charge < -0.3 is 0 Å². The van der Waals surface area contributed by atoms with Crippen LogP contribution in [0.15, 0.2) is 0 Å². The zero-order valence-electron chi connectivity index (χ0n) is 3.73. The summed E-state index contributed by atoms with van der Waals surface area (Å²) in [7, 11) is 4.18. The molecule has 0 N–H and O–H groups in total. The molecule has 0 aromatic heterocycles. The summed E-state index contributed by atoms with van der Waals surface area (Å²) >= 11 is 1.35. The van der Waals surface area contributed by atoms with Gasteiger partial charge in [-0.05, 0) is 0 Å². The first kappa shape index (κ1) is 5.76. The van der Waals surface area contributed by atoms with Crippen molar-refractivity contribution < 1.29 is 0 Å². The Bertz CT molecular complexity index is 20.9. The fourth-order valence-electron chi connectivity index (χ4n) is 0. The Morgan fingerprint density at radius 2 is 1.80 bits per heavy atom.